The van der Waals surface area contributed by atoms with Crippen LogP contribution >= 0.6 is 0 Å². The van der Waals surface area contributed by atoms with Crippen molar-refractivity contribution in [2.24, 2.45) is 0 Å². The molecule has 1 aromatic carbocycles. The standard InChI is InChI=1S/C9H9F2NO/c1-5-3-7(10)4-8(11)9(5)12-6(2)13/h3-4H,1-2H3,(H,12,13). The highest BCUT2D eigenvalue weighted by atomic mass is 19.1. The highest BCUT2D eigenvalue weighted by Crippen LogP contribution is 2.20. The molecule has 1 rings (SSSR count). The topological polar surface area (TPSA) is 29.1 Å². The molecule has 0 aliphatic heterocycles. The van der Waals surface area contributed by atoms with Gasteiger partial charge >= 0.3 is 0 Å². The number of carbonyl (C=O) groups is 1. The lowest BCUT2D eigenvalue weighted by Gasteiger charge is -2.07. The molecular weight excluding hydrogens is 176 g/mol. The highest BCUT2D eigenvalue weighted by Gasteiger charge is 2.08. The number of nitrogens with one attached hydrogen (secondary N) is 1. The maximum atomic E-state index is 13.0. The third-order valence-corrected chi connectivity index (χ3v) is 1.55. The zero-order valence-electron chi connectivity index (χ0n) is 7.32. The van der Waals surface area contributed by atoms with Crippen molar-refractivity contribution in [3.8, 4) is 0 Å². The summed E-state index contributed by atoms with van der Waals surface area (Å²) in [6, 6.07) is 1.90. The number of hydrogen-bond donors (Lipinski definition) is 1. The van der Waals surface area contributed by atoms with Crippen LogP contribution in [0.25, 0.3) is 0 Å². The van der Waals surface area contributed by atoms with Crippen molar-refractivity contribution in [3.05, 3.63) is 29.3 Å². The summed E-state index contributed by atoms with van der Waals surface area (Å²) < 4.78 is 25.6. The van der Waals surface area contributed by atoms with Crippen LogP contribution in [0.15, 0.2) is 12.1 Å². The maximum absolute atomic E-state index is 13.0. The zero-order valence-corrected chi connectivity index (χ0v) is 7.32. The highest BCUT2D eigenvalue weighted by molar-refractivity contribution is 5.89. The van der Waals surface area contributed by atoms with Crippen LogP contribution in [-0.4, -0.2) is 5.91 Å². The lowest BCUT2D eigenvalue weighted by Crippen LogP contribution is -2.09. The van der Waals surface area contributed by atoms with E-state index in [0.717, 1.165) is 12.1 Å². The molecule has 0 saturated heterocycles. The van der Waals surface area contributed by atoms with Gasteiger partial charge in [0.25, 0.3) is 0 Å². The number of aryl methyl sites for hydroxylation is 1. The molecule has 0 aromatic heterocycles. The minimum absolute atomic E-state index is 0.0360. The van der Waals surface area contributed by atoms with Gasteiger partial charge in [-0.05, 0) is 18.6 Å². The van der Waals surface area contributed by atoms with Crippen molar-refractivity contribution in [2.45, 2.75) is 13.8 Å². The van der Waals surface area contributed by atoms with Crippen LogP contribution in [0.4, 0.5) is 14.5 Å². The van der Waals surface area contributed by atoms with Crippen LogP contribution < -0.4 is 5.32 Å². The molecule has 0 saturated carbocycles. The van der Waals surface area contributed by atoms with E-state index in [9.17, 15) is 13.6 Å². The van der Waals surface area contributed by atoms with Crippen LogP contribution in [0.1, 0.15) is 12.5 Å². The lowest BCUT2D eigenvalue weighted by molar-refractivity contribution is -0.114. The number of carbonyl (C=O) groups excluding carboxylic acids is 1. The van der Waals surface area contributed by atoms with E-state index in [1.165, 1.54) is 13.8 Å². The van der Waals surface area contributed by atoms with Gasteiger partial charge in [-0.1, -0.05) is 0 Å². The molecule has 1 N–H and O–H groups in total. The predicted molar refractivity (Wildman–Crippen MR) is 45.4 cm³/mol. The van der Waals surface area contributed by atoms with E-state index in [-0.39, 0.29) is 11.6 Å². The quantitative estimate of drug-likeness (QED) is 0.714. The van der Waals surface area contributed by atoms with Gasteiger partial charge in [0.2, 0.25) is 5.91 Å². The summed E-state index contributed by atoms with van der Waals surface area (Å²) in [6.07, 6.45) is 0. The Kier molecular flexibility index (Phi) is 2.60. The largest absolute Gasteiger partial charge is 0.324 e. The molecule has 0 radical (unpaired) electrons. The fourth-order valence-corrected chi connectivity index (χ4v) is 1.04. The summed E-state index contributed by atoms with van der Waals surface area (Å²) in [7, 11) is 0. The fourth-order valence-electron chi connectivity index (χ4n) is 1.04. The van der Waals surface area contributed by atoms with Gasteiger partial charge in [-0.25, -0.2) is 8.78 Å². The van der Waals surface area contributed by atoms with Crippen molar-refractivity contribution in [2.75, 3.05) is 5.32 Å². The molecule has 0 fully saturated rings. The third-order valence-electron chi connectivity index (χ3n) is 1.55. The SMILES string of the molecule is CC(=O)Nc1c(C)cc(F)cc1F. The van der Waals surface area contributed by atoms with Gasteiger partial charge < -0.3 is 5.32 Å². The van der Waals surface area contributed by atoms with Gasteiger partial charge in [-0.2, -0.15) is 0 Å². The van der Waals surface area contributed by atoms with E-state index in [0.29, 0.717) is 5.56 Å². The monoisotopic (exact) mass is 185 g/mol. The first-order valence-corrected chi connectivity index (χ1v) is 3.74. The minimum atomic E-state index is -0.757. The van der Waals surface area contributed by atoms with E-state index in [1.807, 2.05) is 0 Å². The second-order valence-electron chi connectivity index (χ2n) is 2.76. The first-order valence-electron chi connectivity index (χ1n) is 3.74. The number of hydrogen-bond acceptors (Lipinski definition) is 1. The Morgan fingerprint density at radius 3 is 2.46 bits per heavy atom. The second-order valence-corrected chi connectivity index (χ2v) is 2.76. The molecule has 4 heteroatoms. The Morgan fingerprint density at radius 2 is 2.00 bits per heavy atom. The number of rotatable bonds is 1. The molecule has 0 atom stereocenters. The second kappa shape index (κ2) is 3.51. The average molecular weight is 185 g/mol. The number of anilines is 1. The summed E-state index contributed by atoms with van der Waals surface area (Å²) in [5, 5.41) is 2.29. The molecule has 0 aliphatic rings. The van der Waals surface area contributed by atoms with E-state index in [4.69, 9.17) is 0 Å². The Morgan fingerprint density at radius 1 is 1.38 bits per heavy atom. The van der Waals surface area contributed by atoms with Crippen molar-refractivity contribution < 1.29 is 13.6 Å². The van der Waals surface area contributed by atoms with Gasteiger partial charge in [0.15, 0.2) is 0 Å². The predicted octanol–water partition coefficient (Wildman–Crippen LogP) is 2.23. The summed E-state index contributed by atoms with van der Waals surface area (Å²) in [6.45, 7) is 2.79. The van der Waals surface area contributed by atoms with Crippen LogP contribution in [0.2, 0.25) is 0 Å². The maximum Gasteiger partial charge on any atom is 0.221 e. The summed E-state index contributed by atoms with van der Waals surface area (Å²) >= 11 is 0. The lowest BCUT2D eigenvalue weighted by atomic mass is 10.2. The molecule has 13 heavy (non-hydrogen) atoms. The van der Waals surface area contributed by atoms with Crippen LogP contribution in [-0.2, 0) is 4.79 Å². The normalized spacial score (nSPS) is 9.85. The van der Waals surface area contributed by atoms with Crippen molar-refractivity contribution in [3.63, 3.8) is 0 Å². The third kappa shape index (κ3) is 2.24. The van der Waals surface area contributed by atoms with Crippen molar-refractivity contribution in [1.82, 2.24) is 0 Å². The van der Waals surface area contributed by atoms with Gasteiger partial charge in [0.1, 0.15) is 11.6 Å². The van der Waals surface area contributed by atoms with Crippen LogP contribution in [0, 0.1) is 18.6 Å². The molecule has 70 valence electrons. The summed E-state index contributed by atoms with van der Waals surface area (Å²) in [5.74, 6) is -1.79. The van der Waals surface area contributed by atoms with Crippen LogP contribution in [0.5, 0.6) is 0 Å². The fraction of sp³-hybridized carbons (Fsp3) is 0.222. The molecule has 0 unspecified atom stereocenters. The van der Waals surface area contributed by atoms with E-state index in [2.05, 4.69) is 5.32 Å². The van der Waals surface area contributed by atoms with Crippen molar-refractivity contribution >= 4 is 11.6 Å². The van der Waals surface area contributed by atoms with Gasteiger partial charge in [-0.15, -0.1) is 0 Å². The van der Waals surface area contributed by atoms with E-state index >= 15 is 0 Å². The Labute approximate surface area is 74.6 Å². The van der Waals surface area contributed by atoms with Gasteiger partial charge in [0.05, 0.1) is 5.69 Å². The first kappa shape index (κ1) is 9.64. The molecule has 0 spiro atoms. The van der Waals surface area contributed by atoms with Crippen molar-refractivity contribution in [1.29, 1.82) is 0 Å². The van der Waals surface area contributed by atoms with Crippen LogP contribution in [0.3, 0.4) is 0 Å². The number of amides is 1. The minimum Gasteiger partial charge on any atom is -0.324 e. The Hall–Kier alpha value is -1.45. The summed E-state index contributed by atoms with van der Waals surface area (Å²) in [5.41, 5.74) is 0.404. The molecule has 0 bridgehead atoms. The van der Waals surface area contributed by atoms with Gasteiger partial charge in [-0.3, -0.25) is 4.79 Å². The number of halogens is 2. The zero-order chi connectivity index (χ0) is 10.0. The molecule has 1 amide bonds. The van der Waals surface area contributed by atoms with E-state index < -0.39 is 11.6 Å². The summed E-state index contributed by atoms with van der Waals surface area (Å²) in [4.78, 5) is 10.6. The molecule has 2 nitrogen and oxygen atoms in total. The molecule has 1 aromatic rings. The van der Waals surface area contributed by atoms with Gasteiger partial charge in [0, 0.05) is 13.0 Å². The first-order chi connectivity index (χ1) is 6.00. The van der Waals surface area contributed by atoms with E-state index in [1.54, 1.807) is 0 Å². The molecule has 0 heterocycles. The smallest absolute Gasteiger partial charge is 0.221 e. The molecule has 0 aliphatic carbocycles. The Bertz CT molecular complexity index is 326. The molecular formula is C9H9F2NO. The average Bonchev–Trinajstić information content (AvgIpc) is 1.96. The Balaban J connectivity index is 3.13. The number of benzene rings is 1.